The first-order valence-electron chi connectivity index (χ1n) is 7.96. The zero-order valence-corrected chi connectivity index (χ0v) is 15.4. The zero-order chi connectivity index (χ0) is 18.7. The fourth-order valence-electron chi connectivity index (χ4n) is 2.81. The molecule has 0 saturated heterocycles. The molecular formula is C17H19N5O3S. The van der Waals surface area contributed by atoms with Crippen molar-refractivity contribution in [3.63, 3.8) is 0 Å². The van der Waals surface area contributed by atoms with Crippen LogP contribution in [0.2, 0.25) is 0 Å². The highest BCUT2D eigenvalue weighted by molar-refractivity contribution is 7.71. The van der Waals surface area contributed by atoms with Gasteiger partial charge in [0.05, 0.1) is 32.3 Å². The molecule has 3 rings (SSSR count). The van der Waals surface area contributed by atoms with Crippen LogP contribution in [0.5, 0.6) is 11.5 Å². The van der Waals surface area contributed by atoms with E-state index >= 15 is 0 Å². The molecule has 3 aromatic rings. The van der Waals surface area contributed by atoms with E-state index in [0.29, 0.717) is 46.6 Å². The number of aromatic nitrogens is 5. The number of benzene rings is 1. The van der Waals surface area contributed by atoms with Gasteiger partial charge in [0.25, 0.3) is 5.56 Å². The summed E-state index contributed by atoms with van der Waals surface area (Å²) >= 11 is 5.20. The lowest BCUT2D eigenvalue weighted by molar-refractivity contribution is 0.358. The fourth-order valence-corrected chi connectivity index (χ4v) is 3.03. The summed E-state index contributed by atoms with van der Waals surface area (Å²) in [6, 6.07) is 3.53. The van der Waals surface area contributed by atoms with E-state index in [4.69, 9.17) is 21.7 Å². The number of allylic oxidation sites excluding steroid dienone is 1. The minimum atomic E-state index is -0.248. The number of nitrogens with zero attached hydrogens (tertiary/aromatic N) is 4. The Morgan fingerprint density at radius 2 is 2.15 bits per heavy atom. The zero-order valence-electron chi connectivity index (χ0n) is 14.6. The normalized spacial score (nSPS) is 10.8. The highest BCUT2D eigenvalue weighted by atomic mass is 32.1. The topological polar surface area (TPSA) is 87.0 Å². The average Bonchev–Trinajstić information content (AvgIpc) is 3.00. The molecule has 0 fully saturated rings. The number of aromatic amines is 1. The van der Waals surface area contributed by atoms with Crippen molar-refractivity contribution in [2.75, 3.05) is 14.2 Å². The molecule has 0 aliphatic heterocycles. The van der Waals surface area contributed by atoms with Gasteiger partial charge in [-0.1, -0.05) is 6.08 Å². The Hall–Kier alpha value is -2.94. The minimum absolute atomic E-state index is 0.248. The standard InChI is InChI=1S/C17H19N5O3S/c1-4-8-21-13(19-20-17(21)26)7-9-22-16(23)14-11(10-18-22)5-6-12(24-2)15(14)25-3/h4-6,10H,1,7-9H2,2-3H3,(H,20,26). The third-order valence-corrected chi connectivity index (χ3v) is 4.37. The second kappa shape index (κ2) is 7.52. The molecule has 0 unspecified atom stereocenters. The second-order valence-electron chi connectivity index (χ2n) is 5.53. The first kappa shape index (κ1) is 17.9. The van der Waals surface area contributed by atoms with E-state index in [0.717, 1.165) is 5.82 Å². The van der Waals surface area contributed by atoms with Gasteiger partial charge in [0, 0.05) is 18.4 Å². The molecule has 9 heteroatoms. The van der Waals surface area contributed by atoms with Crippen LogP contribution in [-0.2, 0) is 19.5 Å². The summed E-state index contributed by atoms with van der Waals surface area (Å²) in [5.74, 6) is 1.64. The summed E-state index contributed by atoms with van der Waals surface area (Å²) in [5.41, 5.74) is -0.248. The van der Waals surface area contributed by atoms with Crippen LogP contribution in [-0.4, -0.2) is 38.8 Å². The molecule has 2 aromatic heterocycles. The van der Waals surface area contributed by atoms with Crippen LogP contribution in [0.15, 0.2) is 35.8 Å². The largest absolute Gasteiger partial charge is 0.493 e. The van der Waals surface area contributed by atoms with E-state index in [-0.39, 0.29) is 5.56 Å². The summed E-state index contributed by atoms with van der Waals surface area (Å²) in [5, 5.41) is 12.4. The van der Waals surface area contributed by atoms with Crippen molar-refractivity contribution in [2.45, 2.75) is 19.5 Å². The van der Waals surface area contributed by atoms with Crippen molar-refractivity contribution in [3.05, 3.63) is 51.9 Å². The quantitative estimate of drug-likeness (QED) is 0.504. The van der Waals surface area contributed by atoms with Crippen LogP contribution >= 0.6 is 12.2 Å². The smallest absolute Gasteiger partial charge is 0.278 e. The van der Waals surface area contributed by atoms with E-state index in [1.165, 1.54) is 18.9 Å². The lowest BCUT2D eigenvalue weighted by Crippen LogP contribution is -2.25. The summed E-state index contributed by atoms with van der Waals surface area (Å²) in [6.07, 6.45) is 3.87. The first-order valence-corrected chi connectivity index (χ1v) is 8.37. The Morgan fingerprint density at radius 1 is 1.35 bits per heavy atom. The number of aryl methyl sites for hydroxylation is 2. The number of hydrogen-bond donors (Lipinski definition) is 1. The molecular weight excluding hydrogens is 354 g/mol. The van der Waals surface area contributed by atoms with Gasteiger partial charge in [0.2, 0.25) is 0 Å². The number of nitrogens with one attached hydrogen (secondary N) is 1. The Labute approximate surface area is 154 Å². The molecule has 1 N–H and O–H groups in total. The number of rotatable bonds is 7. The lowest BCUT2D eigenvalue weighted by atomic mass is 10.1. The number of fused-ring (bicyclic) bond motifs is 1. The Balaban J connectivity index is 1.99. The van der Waals surface area contributed by atoms with Crippen LogP contribution in [0.25, 0.3) is 10.8 Å². The van der Waals surface area contributed by atoms with E-state index in [1.807, 2.05) is 4.57 Å². The van der Waals surface area contributed by atoms with Gasteiger partial charge >= 0.3 is 0 Å². The maximum atomic E-state index is 12.9. The Kier molecular flexibility index (Phi) is 5.17. The van der Waals surface area contributed by atoms with Gasteiger partial charge in [-0.15, -0.1) is 6.58 Å². The highest BCUT2D eigenvalue weighted by Gasteiger charge is 2.15. The molecule has 8 nitrogen and oxygen atoms in total. The van der Waals surface area contributed by atoms with Gasteiger partial charge in [0.1, 0.15) is 5.82 Å². The molecule has 2 heterocycles. The predicted octanol–water partition coefficient (Wildman–Crippen LogP) is 2.10. The summed E-state index contributed by atoms with van der Waals surface area (Å²) in [4.78, 5) is 12.9. The van der Waals surface area contributed by atoms with Crippen LogP contribution in [0.3, 0.4) is 0 Å². The molecule has 0 saturated carbocycles. The molecule has 0 spiro atoms. The lowest BCUT2D eigenvalue weighted by Gasteiger charge is -2.12. The molecule has 0 amide bonds. The minimum Gasteiger partial charge on any atom is -0.493 e. The predicted molar refractivity (Wildman–Crippen MR) is 100 cm³/mol. The van der Waals surface area contributed by atoms with Gasteiger partial charge in [0.15, 0.2) is 16.3 Å². The Morgan fingerprint density at radius 3 is 2.85 bits per heavy atom. The molecule has 0 bridgehead atoms. The molecule has 0 aliphatic carbocycles. The number of H-pyrrole nitrogens is 1. The van der Waals surface area contributed by atoms with Crippen molar-refractivity contribution in [2.24, 2.45) is 0 Å². The van der Waals surface area contributed by atoms with Gasteiger partial charge in [-0.3, -0.25) is 9.89 Å². The summed E-state index contributed by atoms with van der Waals surface area (Å²) in [7, 11) is 3.04. The van der Waals surface area contributed by atoms with Crippen molar-refractivity contribution >= 4 is 23.0 Å². The summed E-state index contributed by atoms with van der Waals surface area (Å²) < 4.78 is 14.4. The van der Waals surface area contributed by atoms with Crippen molar-refractivity contribution in [3.8, 4) is 11.5 Å². The Bertz CT molecular complexity index is 1070. The molecule has 1 aromatic carbocycles. The van der Waals surface area contributed by atoms with Gasteiger partial charge < -0.3 is 14.0 Å². The third kappa shape index (κ3) is 3.13. The molecule has 136 valence electrons. The van der Waals surface area contributed by atoms with Crippen LogP contribution in [0.4, 0.5) is 0 Å². The maximum absolute atomic E-state index is 12.9. The van der Waals surface area contributed by atoms with E-state index in [1.54, 1.807) is 24.4 Å². The molecule has 0 aliphatic rings. The average molecular weight is 373 g/mol. The van der Waals surface area contributed by atoms with Crippen LogP contribution in [0.1, 0.15) is 5.82 Å². The molecule has 0 radical (unpaired) electrons. The van der Waals surface area contributed by atoms with Crippen molar-refractivity contribution in [1.29, 1.82) is 0 Å². The van der Waals surface area contributed by atoms with Crippen LogP contribution < -0.4 is 15.0 Å². The number of ether oxygens (including phenoxy) is 2. The molecule has 26 heavy (non-hydrogen) atoms. The van der Waals surface area contributed by atoms with Crippen molar-refractivity contribution < 1.29 is 9.47 Å². The van der Waals surface area contributed by atoms with Crippen LogP contribution in [0, 0.1) is 4.77 Å². The SMILES string of the molecule is C=CCn1c(CCn2ncc3ccc(OC)c(OC)c3c2=O)n[nH]c1=S. The molecule has 0 atom stereocenters. The van der Waals surface area contributed by atoms with Gasteiger partial charge in [-0.2, -0.15) is 10.2 Å². The first-order chi connectivity index (χ1) is 12.6. The van der Waals surface area contributed by atoms with Gasteiger partial charge in [-0.05, 0) is 24.4 Å². The van der Waals surface area contributed by atoms with Crippen molar-refractivity contribution in [1.82, 2.24) is 24.5 Å². The number of hydrogen-bond acceptors (Lipinski definition) is 6. The monoisotopic (exact) mass is 373 g/mol. The summed E-state index contributed by atoms with van der Waals surface area (Å²) in [6.45, 7) is 4.62. The van der Waals surface area contributed by atoms with E-state index < -0.39 is 0 Å². The van der Waals surface area contributed by atoms with E-state index in [2.05, 4.69) is 21.9 Å². The van der Waals surface area contributed by atoms with E-state index in [9.17, 15) is 4.79 Å². The third-order valence-electron chi connectivity index (χ3n) is 4.06. The maximum Gasteiger partial charge on any atom is 0.278 e. The second-order valence-corrected chi connectivity index (χ2v) is 5.92. The highest BCUT2D eigenvalue weighted by Crippen LogP contribution is 2.32. The van der Waals surface area contributed by atoms with Gasteiger partial charge in [-0.25, -0.2) is 4.68 Å². The number of methoxy groups -OCH3 is 2. The fraction of sp³-hybridized carbons (Fsp3) is 0.294.